The molecule has 2 aromatic carbocycles. The van der Waals surface area contributed by atoms with Crippen LogP contribution in [0.5, 0.6) is 0 Å². The summed E-state index contributed by atoms with van der Waals surface area (Å²) in [4.78, 5) is 0.159. The summed E-state index contributed by atoms with van der Waals surface area (Å²) in [7, 11) is -3.71. The van der Waals surface area contributed by atoms with E-state index in [9.17, 15) is 13.5 Å². The number of nitrogens with zero attached hydrogens (tertiary/aromatic N) is 2. The Morgan fingerprint density at radius 3 is 2.63 bits per heavy atom. The van der Waals surface area contributed by atoms with Gasteiger partial charge in [-0.3, -0.25) is 0 Å². The second-order valence-corrected chi connectivity index (χ2v) is 9.45. The summed E-state index contributed by atoms with van der Waals surface area (Å²) in [6.45, 7) is -0.0344. The molecule has 5 nitrogen and oxygen atoms in total. The molecular formula is C21H22N2O3S. The maximum atomic E-state index is 13.4. The number of nitriles is 1. The molecule has 2 aliphatic heterocycles. The molecule has 2 aromatic rings. The van der Waals surface area contributed by atoms with E-state index in [1.807, 2.05) is 36.4 Å². The SMILES string of the molecule is N#Cc1cccc(S(=O)(=O)N2[C@H]3CC[C@@H]2[C@@](CO)(Cc2ccccc2)C3)c1. The average Bonchev–Trinajstić information content (AvgIpc) is 3.26. The molecule has 6 heteroatoms. The van der Waals surface area contributed by atoms with E-state index in [2.05, 4.69) is 0 Å². The third-order valence-corrected chi connectivity index (χ3v) is 8.00. The van der Waals surface area contributed by atoms with E-state index in [1.165, 1.54) is 6.07 Å². The van der Waals surface area contributed by atoms with Gasteiger partial charge >= 0.3 is 0 Å². The summed E-state index contributed by atoms with van der Waals surface area (Å²) in [5.41, 5.74) is 0.993. The first-order valence-electron chi connectivity index (χ1n) is 9.19. The van der Waals surface area contributed by atoms with Gasteiger partial charge in [0.2, 0.25) is 10.0 Å². The fraction of sp³-hybridized carbons (Fsp3) is 0.381. The maximum Gasteiger partial charge on any atom is 0.243 e. The van der Waals surface area contributed by atoms with Crippen LogP contribution in [0.4, 0.5) is 0 Å². The van der Waals surface area contributed by atoms with E-state index in [4.69, 9.17) is 5.26 Å². The number of hydrogen-bond acceptors (Lipinski definition) is 4. The van der Waals surface area contributed by atoms with Gasteiger partial charge < -0.3 is 5.11 Å². The van der Waals surface area contributed by atoms with E-state index < -0.39 is 15.4 Å². The van der Waals surface area contributed by atoms with Crippen LogP contribution in [0.15, 0.2) is 59.5 Å². The molecule has 0 aliphatic carbocycles. The lowest BCUT2D eigenvalue weighted by Gasteiger charge is -2.36. The van der Waals surface area contributed by atoms with Gasteiger partial charge in [-0.25, -0.2) is 8.42 Å². The third-order valence-electron chi connectivity index (χ3n) is 6.04. The molecule has 0 amide bonds. The Balaban J connectivity index is 1.70. The van der Waals surface area contributed by atoms with Crippen LogP contribution in [0.25, 0.3) is 0 Å². The molecule has 0 saturated carbocycles. The van der Waals surface area contributed by atoms with Gasteiger partial charge in [0, 0.05) is 17.5 Å². The molecule has 3 atom stereocenters. The van der Waals surface area contributed by atoms with Crippen molar-refractivity contribution >= 4 is 10.0 Å². The lowest BCUT2D eigenvalue weighted by atomic mass is 9.70. The molecule has 2 bridgehead atoms. The molecule has 0 unspecified atom stereocenters. The largest absolute Gasteiger partial charge is 0.396 e. The predicted molar refractivity (Wildman–Crippen MR) is 101 cm³/mol. The molecule has 2 saturated heterocycles. The maximum absolute atomic E-state index is 13.4. The van der Waals surface area contributed by atoms with Crippen LogP contribution in [-0.2, 0) is 16.4 Å². The minimum atomic E-state index is -3.71. The normalized spacial score (nSPS) is 27.6. The molecule has 140 valence electrons. The summed E-state index contributed by atoms with van der Waals surface area (Å²) in [5, 5.41) is 19.4. The van der Waals surface area contributed by atoms with E-state index in [0.29, 0.717) is 18.4 Å². The van der Waals surface area contributed by atoms with Gasteiger partial charge in [0.15, 0.2) is 0 Å². The van der Waals surface area contributed by atoms with Gasteiger partial charge in [-0.2, -0.15) is 9.57 Å². The minimum absolute atomic E-state index is 0.0344. The van der Waals surface area contributed by atoms with E-state index >= 15 is 0 Å². The summed E-state index contributed by atoms with van der Waals surface area (Å²) >= 11 is 0. The van der Waals surface area contributed by atoms with E-state index in [-0.39, 0.29) is 23.6 Å². The van der Waals surface area contributed by atoms with Crippen molar-refractivity contribution in [1.29, 1.82) is 5.26 Å². The van der Waals surface area contributed by atoms with Crippen LogP contribution < -0.4 is 0 Å². The predicted octanol–water partition coefficient (Wildman–Crippen LogP) is 2.71. The van der Waals surface area contributed by atoms with Crippen molar-refractivity contribution in [3.8, 4) is 6.07 Å². The Labute approximate surface area is 159 Å². The van der Waals surface area contributed by atoms with Crippen molar-refractivity contribution in [2.24, 2.45) is 5.41 Å². The fourth-order valence-corrected chi connectivity index (χ4v) is 6.87. The molecule has 2 fully saturated rings. The quantitative estimate of drug-likeness (QED) is 0.862. The van der Waals surface area contributed by atoms with Crippen molar-refractivity contribution in [3.05, 3.63) is 65.7 Å². The number of benzene rings is 2. The van der Waals surface area contributed by atoms with Crippen LogP contribution in [0.3, 0.4) is 0 Å². The van der Waals surface area contributed by atoms with Crippen molar-refractivity contribution in [3.63, 3.8) is 0 Å². The highest BCUT2D eigenvalue weighted by molar-refractivity contribution is 7.89. The second-order valence-electron chi connectivity index (χ2n) is 7.61. The summed E-state index contributed by atoms with van der Waals surface area (Å²) < 4.78 is 28.3. The van der Waals surface area contributed by atoms with Crippen LogP contribution in [-0.4, -0.2) is 36.5 Å². The van der Waals surface area contributed by atoms with Gasteiger partial charge in [0.25, 0.3) is 0 Å². The highest BCUT2D eigenvalue weighted by Crippen LogP contribution is 2.53. The Morgan fingerprint density at radius 1 is 1.15 bits per heavy atom. The van der Waals surface area contributed by atoms with Crippen LogP contribution in [0.1, 0.15) is 30.4 Å². The first kappa shape index (κ1) is 18.2. The molecule has 4 rings (SSSR count). The molecule has 0 radical (unpaired) electrons. The Bertz CT molecular complexity index is 984. The third kappa shape index (κ3) is 2.96. The van der Waals surface area contributed by atoms with Crippen molar-refractivity contribution in [2.75, 3.05) is 6.61 Å². The van der Waals surface area contributed by atoms with E-state index in [0.717, 1.165) is 18.4 Å². The van der Waals surface area contributed by atoms with Gasteiger partial charge in [0.1, 0.15) is 0 Å². The molecule has 27 heavy (non-hydrogen) atoms. The number of rotatable bonds is 5. The average molecular weight is 382 g/mol. The zero-order valence-electron chi connectivity index (χ0n) is 15.0. The summed E-state index contributed by atoms with van der Waals surface area (Å²) in [6, 6.07) is 17.8. The topological polar surface area (TPSA) is 81.4 Å². The first-order valence-corrected chi connectivity index (χ1v) is 10.6. The van der Waals surface area contributed by atoms with Gasteiger partial charge in [-0.05, 0) is 49.4 Å². The van der Waals surface area contributed by atoms with Gasteiger partial charge in [-0.1, -0.05) is 36.4 Å². The van der Waals surface area contributed by atoms with Crippen molar-refractivity contribution in [1.82, 2.24) is 4.31 Å². The lowest BCUT2D eigenvalue weighted by Crippen LogP contribution is -2.43. The standard InChI is InChI=1S/C21H22N2O3S/c22-14-17-7-4-8-19(11-17)27(25,26)23-18-9-10-20(23)21(13-18,15-24)12-16-5-2-1-3-6-16/h1-8,11,18,20,24H,9-10,12-13,15H2/t18-,20+,21-/m0/s1. The number of sulfonamides is 1. The van der Waals surface area contributed by atoms with Gasteiger partial charge in [-0.15, -0.1) is 0 Å². The monoisotopic (exact) mass is 382 g/mol. The summed E-state index contributed by atoms with van der Waals surface area (Å²) in [5.74, 6) is 0. The summed E-state index contributed by atoms with van der Waals surface area (Å²) in [6.07, 6.45) is 2.91. The number of aliphatic hydroxyl groups excluding tert-OH is 1. The number of hydrogen-bond donors (Lipinski definition) is 1. The first-order chi connectivity index (χ1) is 13.0. The van der Waals surface area contributed by atoms with Crippen molar-refractivity contribution < 1.29 is 13.5 Å². The van der Waals surface area contributed by atoms with Crippen LogP contribution >= 0.6 is 0 Å². The highest BCUT2D eigenvalue weighted by atomic mass is 32.2. The molecule has 2 heterocycles. The van der Waals surface area contributed by atoms with E-state index in [1.54, 1.807) is 22.5 Å². The van der Waals surface area contributed by atoms with Crippen molar-refractivity contribution in [2.45, 2.75) is 42.7 Å². The lowest BCUT2D eigenvalue weighted by molar-refractivity contribution is 0.0889. The number of fused-ring (bicyclic) bond motifs is 2. The minimum Gasteiger partial charge on any atom is -0.396 e. The zero-order chi connectivity index (χ0) is 19.1. The molecule has 1 N–H and O–H groups in total. The smallest absolute Gasteiger partial charge is 0.243 e. The Kier molecular flexibility index (Phi) is 4.55. The van der Waals surface area contributed by atoms with Gasteiger partial charge in [0.05, 0.1) is 23.1 Å². The fourth-order valence-electron chi connectivity index (χ4n) is 4.86. The Morgan fingerprint density at radius 2 is 1.93 bits per heavy atom. The molecule has 0 aromatic heterocycles. The Hall–Kier alpha value is -2.20. The second kappa shape index (κ2) is 6.75. The zero-order valence-corrected chi connectivity index (χ0v) is 15.8. The number of aliphatic hydroxyl groups is 1. The highest BCUT2D eigenvalue weighted by Gasteiger charge is 2.59. The molecular weight excluding hydrogens is 360 g/mol. The van der Waals surface area contributed by atoms with Crippen LogP contribution in [0.2, 0.25) is 0 Å². The van der Waals surface area contributed by atoms with Crippen LogP contribution in [0, 0.1) is 16.7 Å². The molecule has 0 spiro atoms. The molecule has 2 aliphatic rings.